The second-order valence-electron chi connectivity index (χ2n) is 9.99. The zero-order valence-electron chi connectivity index (χ0n) is 21.0. The van der Waals surface area contributed by atoms with Gasteiger partial charge >= 0.3 is 0 Å². The number of Topliss-reactive ketones (excluding diaryl/α,β-unsaturated/α-hetero) is 4. The van der Waals surface area contributed by atoms with Crippen molar-refractivity contribution in [2.75, 3.05) is 6.61 Å². The van der Waals surface area contributed by atoms with Crippen LogP contribution >= 0.6 is 0 Å². The van der Waals surface area contributed by atoms with Crippen molar-refractivity contribution in [2.24, 2.45) is 17.8 Å². The summed E-state index contributed by atoms with van der Waals surface area (Å²) in [5.74, 6) is -1.13. The molecule has 3 atom stereocenters. The molecular formula is C30H36O5. The van der Waals surface area contributed by atoms with E-state index >= 15 is 0 Å². The molecule has 3 unspecified atom stereocenters. The van der Waals surface area contributed by atoms with Gasteiger partial charge in [-0.1, -0.05) is 55.8 Å². The molecule has 0 spiro atoms. The summed E-state index contributed by atoms with van der Waals surface area (Å²) >= 11 is 0. The molecule has 1 aliphatic rings. The molecule has 0 saturated heterocycles. The van der Waals surface area contributed by atoms with Crippen LogP contribution in [0.1, 0.15) is 83.4 Å². The van der Waals surface area contributed by atoms with Crippen LogP contribution in [0.15, 0.2) is 42.5 Å². The smallest absolute Gasteiger partial charge is 0.167 e. The number of carbonyl (C=O) groups is 4. The fourth-order valence-corrected chi connectivity index (χ4v) is 5.57. The molecule has 35 heavy (non-hydrogen) atoms. The molecule has 2 aromatic rings. The number of aliphatic hydroxyl groups is 1. The van der Waals surface area contributed by atoms with Gasteiger partial charge in [0, 0.05) is 29.9 Å². The lowest BCUT2D eigenvalue weighted by Gasteiger charge is -2.32. The number of ketones is 4. The van der Waals surface area contributed by atoms with E-state index in [2.05, 4.69) is 0 Å². The Kier molecular flexibility index (Phi) is 9.27. The summed E-state index contributed by atoms with van der Waals surface area (Å²) in [5, 5.41) is 10.00. The van der Waals surface area contributed by atoms with Crippen molar-refractivity contribution in [1.82, 2.24) is 0 Å². The van der Waals surface area contributed by atoms with E-state index in [-0.39, 0.29) is 54.4 Å². The minimum Gasteiger partial charge on any atom is -0.396 e. The number of benzene rings is 2. The molecule has 0 bridgehead atoms. The summed E-state index contributed by atoms with van der Waals surface area (Å²) in [6.45, 7) is 5.02. The maximum Gasteiger partial charge on any atom is 0.167 e. The first-order valence-electron chi connectivity index (χ1n) is 12.6. The predicted molar refractivity (Wildman–Crippen MR) is 136 cm³/mol. The number of fused-ring (bicyclic) bond motifs is 1. The third kappa shape index (κ3) is 6.61. The summed E-state index contributed by atoms with van der Waals surface area (Å²) in [6.07, 6.45) is 3.25. The Morgan fingerprint density at radius 2 is 1.77 bits per heavy atom. The van der Waals surface area contributed by atoms with Crippen LogP contribution in [-0.2, 0) is 22.4 Å². The Morgan fingerprint density at radius 1 is 1.06 bits per heavy atom. The highest BCUT2D eigenvalue weighted by Crippen LogP contribution is 2.37. The average Bonchev–Trinajstić information content (AvgIpc) is 2.79. The molecule has 5 heteroatoms. The highest BCUT2D eigenvalue weighted by atomic mass is 16.3. The number of aryl methyl sites for hydroxylation is 1. The first-order chi connectivity index (χ1) is 16.7. The zero-order valence-corrected chi connectivity index (χ0v) is 21.0. The van der Waals surface area contributed by atoms with E-state index in [1.807, 2.05) is 56.3 Å². The quantitative estimate of drug-likeness (QED) is 0.339. The summed E-state index contributed by atoms with van der Waals surface area (Å²) in [6, 6.07) is 13.3. The van der Waals surface area contributed by atoms with Gasteiger partial charge in [-0.25, -0.2) is 0 Å². The molecule has 5 nitrogen and oxygen atoms in total. The number of carbonyl (C=O) groups excluding carboxylic acids is 4. The van der Waals surface area contributed by atoms with Crippen LogP contribution in [0.25, 0.3) is 0 Å². The Hall–Kier alpha value is -2.92. The van der Waals surface area contributed by atoms with Crippen LogP contribution < -0.4 is 0 Å². The first kappa shape index (κ1) is 26.7. The maximum atomic E-state index is 13.3. The number of hydrogen-bond donors (Lipinski definition) is 1. The molecule has 0 saturated carbocycles. The van der Waals surface area contributed by atoms with Gasteiger partial charge in [-0.2, -0.15) is 0 Å². The Bertz CT molecular complexity index is 1090. The van der Waals surface area contributed by atoms with Gasteiger partial charge in [0.2, 0.25) is 0 Å². The summed E-state index contributed by atoms with van der Waals surface area (Å²) < 4.78 is 0. The SMILES string of the molecule is CCCC(CC1CC(=O)c2c(C)ccc(C(=O)Cc3ccccc3)c2C1)C(CO)C(=O)CC(C)=O. The van der Waals surface area contributed by atoms with E-state index in [9.17, 15) is 24.3 Å². The van der Waals surface area contributed by atoms with Crippen LogP contribution in [-0.4, -0.2) is 34.8 Å². The molecule has 0 aromatic heterocycles. The van der Waals surface area contributed by atoms with Crippen molar-refractivity contribution in [3.8, 4) is 0 Å². The standard InChI is InChI=1S/C30H36O5/c1-4-8-23(26(18-31)27(33)13-20(3)32)14-22-15-25-24(12-11-19(2)30(25)29(35)17-22)28(34)16-21-9-6-5-7-10-21/h5-7,9-12,22-23,26,31H,4,8,13-18H2,1-3H3. The van der Waals surface area contributed by atoms with Crippen molar-refractivity contribution in [2.45, 2.75) is 65.7 Å². The first-order valence-corrected chi connectivity index (χ1v) is 12.6. The third-order valence-corrected chi connectivity index (χ3v) is 7.17. The number of hydrogen-bond acceptors (Lipinski definition) is 5. The van der Waals surface area contributed by atoms with Gasteiger partial charge in [0.05, 0.1) is 13.0 Å². The number of rotatable bonds is 12. The van der Waals surface area contributed by atoms with Crippen LogP contribution in [0.3, 0.4) is 0 Å². The molecule has 3 rings (SSSR count). The molecule has 0 aliphatic heterocycles. The highest BCUT2D eigenvalue weighted by molar-refractivity contribution is 6.06. The fourth-order valence-electron chi connectivity index (χ4n) is 5.57. The molecule has 0 radical (unpaired) electrons. The van der Waals surface area contributed by atoms with Crippen molar-refractivity contribution < 1.29 is 24.3 Å². The summed E-state index contributed by atoms with van der Waals surface area (Å²) in [4.78, 5) is 50.7. The Labute approximate surface area is 207 Å². The second-order valence-corrected chi connectivity index (χ2v) is 9.99. The average molecular weight is 477 g/mol. The minimum atomic E-state index is -0.605. The second kappa shape index (κ2) is 12.2. The van der Waals surface area contributed by atoms with E-state index in [0.29, 0.717) is 30.4 Å². The lowest BCUT2D eigenvalue weighted by Crippen LogP contribution is -2.32. The van der Waals surface area contributed by atoms with Gasteiger partial charge < -0.3 is 5.11 Å². The largest absolute Gasteiger partial charge is 0.396 e. The van der Waals surface area contributed by atoms with Gasteiger partial charge in [0.25, 0.3) is 0 Å². The third-order valence-electron chi connectivity index (χ3n) is 7.17. The van der Waals surface area contributed by atoms with Crippen molar-refractivity contribution in [1.29, 1.82) is 0 Å². The summed E-state index contributed by atoms with van der Waals surface area (Å²) in [5.41, 5.74) is 3.90. The van der Waals surface area contributed by atoms with Crippen molar-refractivity contribution in [3.63, 3.8) is 0 Å². The maximum absolute atomic E-state index is 13.3. The van der Waals surface area contributed by atoms with Crippen LogP contribution in [0, 0.1) is 24.7 Å². The summed E-state index contributed by atoms with van der Waals surface area (Å²) in [7, 11) is 0. The van der Waals surface area contributed by atoms with E-state index in [1.54, 1.807) is 0 Å². The van der Waals surface area contributed by atoms with Gasteiger partial charge in [-0.15, -0.1) is 0 Å². The minimum absolute atomic E-state index is 0.00382. The lowest BCUT2D eigenvalue weighted by atomic mass is 9.71. The van der Waals surface area contributed by atoms with E-state index in [0.717, 1.165) is 29.5 Å². The monoisotopic (exact) mass is 476 g/mol. The van der Waals surface area contributed by atoms with Gasteiger partial charge in [0.15, 0.2) is 11.6 Å². The number of aliphatic hydroxyl groups excluding tert-OH is 1. The van der Waals surface area contributed by atoms with Gasteiger partial charge in [-0.3, -0.25) is 19.2 Å². The molecule has 1 N–H and O–H groups in total. The Balaban J connectivity index is 1.87. The zero-order chi connectivity index (χ0) is 25.5. The molecule has 1 aliphatic carbocycles. The molecule has 2 aromatic carbocycles. The molecule has 0 fully saturated rings. The normalized spacial score (nSPS) is 16.9. The van der Waals surface area contributed by atoms with Gasteiger partial charge in [0.1, 0.15) is 11.6 Å². The predicted octanol–water partition coefficient (Wildman–Crippen LogP) is 5.13. The highest BCUT2D eigenvalue weighted by Gasteiger charge is 2.34. The Morgan fingerprint density at radius 3 is 2.40 bits per heavy atom. The van der Waals surface area contributed by atoms with Crippen molar-refractivity contribution in [3.05, 3.63) is 70.3 Å². The molecule has 0 heterocycles. The fraction of sp³-hybridized carbons (Fsp3) is 0.467. The van der Waals surface area contributed by atoms with E-state index in [4.69, 9.17) is 0 Å². The molecule has 0 amide bonds. The van der Waals surface area contributed by atoms with Crippen LogP contribution in [0.4, 0.5) is 0 Å². The molecule has 186 valence electrons. The molecular weight excluding hydrogens is 440 g/mol. The van der Waals surface area contributed by atoms with Crippen molar-refractivity contribution >= 4 is 23.1 Å². The van der Waals surface area contributed by atoms with E-state index in [1.165, 1.54) is 6.92 Å². The van der Waals surface area contributed by atoms with E-state index < -0.39 is 5.92 Å². The van der Waals surface area contributed by atoms with Gasteiger partial charge in [-0.05, 0) is 61.6 Å². The topological polar surface area (TPSA) is 88.5 Å². The van der Waals surface area contributed by atoms with Crippen LogP contribution in [0.2, 0.25) is 0 Å². The lowest BCUT2D eigenvalue weighted by molar-refractivity contribution is -0.130. The van der Waals surface area contributed by atoms with Crippen LogP contribution in [0.5, 0.6) is 0 Å².